The van der Waals surface area contributed by atoms with Crippen LogP contribution in [0.2, 0.25) is 0 Å². The number of amides is 1. The lowest BCUT2D eigenvalue weighted by molar-refractivity contribution is -0.144. The normalized spacial score (nSPS) is 11.3. The van der Waals surface area contributed by atoms with Crippen LogP contribution in [-0.4, -0.2) is 24.7 Å². The first-order valence-electron chi connectivity index (χ1n) is 6.86. The second-order valence-electron chi connectivity index (χ2n) is 4.51. The second-order valence-corrected chi connectivity index (χ2v) is 4.51. The van der Waals surface area contributed by atoms with Crippen LogP contribution in [0.4, 0.5) is 4.79 Å². The number of hydrogen-bond donors (Lipinski definition) is 1. The van der Waals surface area contributed by atoms with E-state index >= 15 is 0 Å². The van der Waals surface area contributed by atoms with Crippen molar-refractivity contribution in [2.75, 3.05) is 6.54 Å². The Kier molecular flexibility index (Phi) is 7.64. The average molecular weight is 291 g/mol. The third kappa shape index (κ3) is 7.77. The first-order valence-corrected chi connectivity index (χ1v) is 6.86. The number of benzene rings is 1. The molecule has 0 bridgehead atoms. The van der Waals surface area contributed by atoms with E-state index in [9.17, 15) is 9.59 Å². The number of alkyl carbamates (subject to hydrolysis) is 1. The van der Waals surface area contributed by atoms with Crippen LogP contribution in [-0.2, 0) is 20.9 Å². The molecule has 0 spiro atoms. The quantitative estimate of drug-likeness (QED) is 0.454. The molecule has 1 rings (SSSR count). The van der Waals surface area contributed by atoms with E-state index in [1.165, 1.54) is 6.92 Å². The fourth-order valence-corrected chi connectivity index (χ4v) is 1.71. The lowest BCUT2D eigenvalue weighted by Crippen LogP contribution is -2.26. The van der Waals surface area contributed by atoms with Gasteiger partial charge in [-0.25, -0.2) is 4.79 Å². The lowest BCUT2D eigenvalue weighted by Gasteiger charge is -2.12. The number of ether oxygens (including phenoxy) is 2. The molecule has 1 atom stereocenters. The molecular weight excluding hydrogens is 270 g/mol. The summed E-state index contributed by atoms with van der Waals surface area (Å²) in [5.41, 5.74) is 0.939. The van der Waals surface area contributed by atoms with Gasteiger partial charge < -0.3 is 14.8 Å². The highest BCUT2D eigenvalue weighted by molar-refractivity contribution is 5.67. The van der Waals surface area contributed by atoms with Gasteiger partial charge in [-0.05, 0) is 18.4 Å². The molecule has 0 aliphatic carbocycles. The van der Waals surface area contributed by atoms with Crippen LogP contribution < -0.4 is 5.32 Å². The van der Waals surface area contributed by atoms with Crippen molar-refractivity contribution < 1.29 is 19.1 Å². The van der Waals surface area contributed by atoms with Gasteiger partial charge in [0.1, 0.15) is 12.7 Å². The van der Waals surface area contributed by atoms with E-state index in [1.807, 2.05) is 30.3 Å². The zero-order chi connectivity index (χ0) is 15.5. The summed E-state index contributed by atoms with van der Waals surface area (Å²) in [6.45, 7) is 5.66. The van der Waals surface area contributed by atoms with Crippen LogP contribution in [0.25, 0.3) is 0 Å². The smallest absolute Gasteiger partial charge is 0.407 e. The molecule has 0 unspecified atom stereocenters. The van der Waals surface area contributed by atoms with Crippen LogP contribution in [0.5, 0.6) is 0 Å². The van der Waals surface area contributed by atoms with Crippen LogP contribution in [0, 0.1) is 0 Å². The average Bonchev–Trinajstić information content (AvgIpc) is 2.49. The summed E-state index contributed by atoms with van der Waals surface area (Å²) in [4.78, 5) is 22.3. The zero-order valence-corrected chi connectivity index (χ0v) is 12.2. The summed E-state index contributed by atoms with van der Waals surface area (Å²) in [6.07, 6.45) is 2.09. The van der Waals surface area contributed by atoms with Crippen molar-refractivity contribution in [1.29, 1.82) is 0 Å². The summed E-state index contributed by atoms with van der Waals surface area (Å²) in [5.74, 6) is -0.338. The summed E-state index contributed by atoms with van der Waals surface area (Å²) in [5, 5.41) is 2.65. The maximum atomic E-state index is 11.5. The fraction of sp³-hybridized carbons (Fsp3) is 0.375. The Bertz CT molecular complexity index is 459. The topological polar surface area (TPSA) is 64.6 Å². The highest BCUT2D eigenvalue weighted by Crippen LogP contribution is 2.04. The van der Waals surface area contributed by atoms with E-state index in [1.54, 1.807) is 6.08 Å². The molecule has 0 saturated carbocycles. The molecule has 1 aromatic rings. The molecule has 5 heteroatoms. The van der Waals surface area contributed by atoms with Gasteiger partial charge in [-0.15, -0.1) is 0 Å². The Labute approximate surface area is 124 Å². The molecule has 5 nitrogen and oxygen atoms in total. The minimum atomic E-state index is -0.457. The van der Waals surface area contributed by atoms with Crippen LogP contribution in [0.15, 0.2) is 43.0 Å². The molecule has 0 heterocycles. The number of esters is 1. The molecule has 1 N–H and O–H groups in total. The Morgan fingerprint density at radius 2 is 2.05 bits per heavy atom. The Morgan fingerprint density at radius 1 is 1.33 bits per heavy atom. The number of hydrogen-bond acceptors (Lipinski definition) is 4. The van der Waals surface area contributed by atoms with Gasteiger partial charge >= 0.3 is 12.1 Å². The first kappa shape index (κ1) is 16.8. The first-order chi connectivity index (χ1) is 10.1. The summed E-state index contributed by atoms with van der Waals surface area (Å²) < 4.78 is 10.1. The van der Waals surface area contributed by atoms with E-state index < -0.39 is 6.09 Å². The third-order valence-electron chi connectivity index (χ3n) is 2.73. The molecule has 0 fully saturated rings. The monoisotopic (exact) mass is 291 g/mol. The van der Waals surface area contributed by atoms with E-state index in [0.29, 0.717) is 19.4 Å². The minimum Gasteiger partial charge on any atom is -0.458 e. The van der Waals surface area contributed by atoms with Crippen molar-refractivity contribution in [2.24, 2.45) is 0 Å². The number of rotatable bonds is 8. The second kappa shape index (κ2) is 9.58. The summed E-state index contributed by atoms with van der Waals surface area (Å²) >= 11 is 0. The Hall–Kier alpha value is -2.30. The maximum absolute atomic E-state index is 11.5. The highest BCUT2D eigenvalue weighted by Gasteiger charge is 2.08. The van der Waals surface area contributed by atoms with Crippen molar-refractivity contribution in [1.82, 2.24) is 5.32 Å². The van der Waals surface area contributed by atoms with Crippen molar-refractivity contribution in [3.05, 3.63) is 48.6 Å². The predicted molar refractivity (Wildman–Crippen MR) is 79.6 cm³/mol. The standard InChI is InChI=1S/C16H21NO4/c1-3-15(21-13(2)18)10-7-11-17-16(19)20-12-14-8-5-4-6-9-14/h3-6,8-9,15H,1,7,10-12H2,2H3,(H,17,19)/t15-/m1/s1. The van der Waals surface area contributed by atoms with Gasteiger partial charge in [0.15, 0.2) is 0 Å². The van der Waals surface area contributed by atoms with E-state index in [-0.39, 0.29) is 18.7 Å². The van der Waals surface area contributed by atoms with Crippen molar-refractivity contribution >= 4 is 12.1 Å². The van der Waals surface area contributed by atoms with Gasteiger partial charge in [-0.1, -0.05) is 43.0 Å². The fourth-order valence-electron chi connectivity index (χ4n) is 1.71. The third-order valence-corrected chi connectivity index (χ3v) is 2.73. The number of carbonyl (C=O) groups excluding carboxylic acids is 2. The maximum Gasteiger partial charge on any atom is 0.407 e. The van der Waals surface area contributed by atoms with Gasteiger partial charge in [0.2, 0.25) is 0 Å². The van der Waals surface area contributed by atoms with Gasteiger partial charge in [-0.3, -0.25) is 4.79 Å². The van der Waals surface area contributed by atoms with Crippen molar-refractivity contribution in [2.45, 2.75) is 32.5 Å². The Balaban J connectivity index is 2.13. The SMILES string of the molecule is C=C[C@H](CCCNC(=O)OCc1ccccc1)OC(C)=O. The minimum absolute atomic E-state index is 0.245. The van der Waals surface area contributed by atoms with Crippen LogP contribution in [0.1, 0.15) is 25.3 Å². The Morgan fingerprint density at radius 3 is 2.67 bits per heavy atom. The molecule has 114 valence electrons. The molecule has 0 saturated heterocycles. The summed E-state index contributed by atoms with van der Waals surface area (Å²) in [7, 11) is 0. The number of carbonyl (C=O) groups is 2. The van der Waals surface area contributed by atoms with E-state index in [4.69, 9.17) is 9.47 Å². The molecule has 0 radical (unpaired) electrons. The number of nitrogens with one attached hydrogen (secondary N) is 1. The largest absolute Gasteiger partial charge is 0.458 e. The van der Waals surface area contributed by atoms with Gasteiger partial charge in [0.25, 0.3) is 0 Å². The molecule has 0 aliphatic rings. The molecule has 1 aromatic carbocycles. The van der Waals surface area contributed by atoms with E-state index in [0.717, 1.165) is 5.56 Å². The van der Waals surface area contributed by atoms with Crippen molar-refractivity contribution in [3.63, 3.8) is 0 Å². The van der Waals surface area contributed by atoms with Gasteiger partial charge in [0, 0.05) is 13.5 Å². The zero-order valence-electron chi connectivity index (χ0n) is 12.2. The van der Waals surface area contributed by atoms with Gasteiger partial charge in [-0.2, -0.15) is 0 Å². The van der Waals surface area contributed by atoms with Crippen LogP contribution >= 0.6 is 0 Å². The van der Waals surface area contributed by atoms with E-state index in [2.05, 4.69) is 11.9 Å². The molecule has 1 amide bonds. The van der Waals surface area contributed by atoms with Crippen LogP contribution in [0.3, 0.4) is 0 Å². The van der Waals surface area contributed by atoms with Crippen molar-refractivity contribution in [3.8, 4) is 0 Å². The van der Waals surface area contributed by atoms with Gasteiger partial charge in [0.05, 0.1) is 0 Å². The lowest BCUT2D eigenvalue weighted by atomic mass is 10.2. The molecule has 21 heavy (non-hydrogen) atoms. The highest BCUT2D eigenvalue weighted by atomic mass is 16.5. The molecule has 0 aromatic heterocycles. The molecule has 0 aliphatic heterocycles. The summed E-state index contributed by atoms with van der Waals surface area (Å²) in [6, 6.07) is 9.47. The predicted octanol–water partition coefficient (Wildman–Crippen LogP) is 2.81. The molecular formula is C16H21NO4.